The summed E-state index contributed by atoms with van der Waals surface area (Å²) in [5.74, 6) is -0.407. The maximum Gasteiger partial charge on any atom is 0.265 e. The number of hydrogen-bond donors (Lipinski definition) is 2. The van der Waals surface area contributed by atoms with Gasteiger partial charge in [0.25, 0.3) is 5.91 Å². The predicted octanol–water partition coefficient (Wildman–Crippen LogP) is 2.84. The number of rotatable bonds is 5. The lowest BCUT2D eigenvalue weighted by atomic mass is 10.2. The summed E-state index contributed by atoms with van der Waals surface area (Å²) in [6.45, 7) is 1.63. The summed E-state index contributed by atoms with van der Waals surface area (Å²) in [4.78, 5) is 23.3. The molecule has 2 aromatic rings. The molecule has 0 aromatic heterocycles. The van der Waals surface area contributed by atoms with Gasteiger partial charge in [0, 0.05) is 5.69 Å². The Hall–Kier alpha value is -2.53. The summed E-state index contributed by atoms with van der Waals surface area (Å²) in [5, 5.41) is 2.89. The van der Waals surface area contributed by atoms with E-state index in [1.165, 1.54) is 12.1 Å². The largest absolute Gasteiger partial charge is 0.481 e. The van der Waals surface area contributed by atoms with Crippen molar-refractivity contribution >= 4 is 29.1 Å². The molecule has 0 fully saturated rings. The molecule has 2 rings (SSSR count). The lowest BCUT2D eigenvalue weighted by Crippen LogP contribution is -2.30. The number of para-hydroxylation sites is 1. The molecule has 1 unspecified atom stereocenters. The van der Waals surface area contributed by atoms with E-state index in [1.54, 1.807) is 25.1 Å². The van der Waals surface area contributed by atoms with Crippen LogP contribution in [0.4, 0.5) is 5.69 Å². The van der Waals surface area contributed by atoms with Crippen molar-refractivity contribution in [2.24, 2.45) is 5.73 Å². The van der Waals surface area contributed by atoms with Gasteiger partial charge < -0.3 is 15.8 Å². The van der Waals surface area contributed by atoms with Gasteiger partial charge in [-0.05, 0) is 37.3 Å². The standard InChI is InChI=1S/C16H15ClN2O3/c1-10(22-12-5-3-2-4-6-12)16(21)19-11-7-8-14(17)13(9-11)15(18)20/h2-10H,1H3,(H2,18,20)(H,19,21). The molecular weight excluding hydrogens is 304 g/mol. The van der Waals surface area contributed by atoms with Crippen LogP contribution >= 0.6 is 11.6 Å². The van der Waals surface area contributed by atoms with E-state index in [0.717, 1.165) is 0 Å². The molecule has 0 bridgehead atoms. The maximum absolute atomic E-state index is 12.1. The fourth-order valence-electron chi connectivity index (χ4n) is 1.79. The van der Waals surface area contributed by atoms with Crippen molar-refractivity contribution in [2.45, 2.75) is 13.0 Å². The molecule has 0 saturated carbocycles. The molecule has 5 nitrogen and oxygen atoms in total. The number of amides is 2. The lowest BCUT2D eigenvalue weighted by Gasteiger charge is -2.15. The fraction of sp³-hybridized carbons (Fsp3) is 0.125. The molecule has 0 spiro atoms. The first kappa shape index (κ1) is 15.9. The van der Waals surface area contributed by atoms with E-state index in [4.69, 9.17) is 22.1 Å². The Labute approximate surface area is 133 Å². The zero-order valence-corrected chi connectivity index (χ0v) is 12.6. The van der Waals surface area contributed by atoms with Gasteiger partial charge in [-0.3, -0.25) is 9.59 Å². The molecule has 6 heteroatoms. The molecule has 2 amide bonds. The van der Waals surface area contributed by atoms with Gasteiger partial charge >= 0.3 is 0 Å². The third kappa shape index (κ3) is 3.99. The highest BCUT2D eigenvalue weighted by molar-refractivity contribution is 6.34. The van der Waals surface area contributed by atoms with Crippen LogP contribution in [0, 0.1) is 0 Å². The Balaban J connectivity index is 2.05. The zero-order chi connectivity index (χ0) is 16.1. The van der Waals surface area contributed by atoms with E-state index >= 15 is 0 Å². The number of benzene rings is 2. The fourth-order valence-corrected chi connectivity index (χ4v) is 2.00. The van der Waals surface area contributed by atoms with E-state index in [0.29, 0.717) is 11.4 Å². The van der Waals surface area contributed by atoms with Crippen LogP contribution in [-0.4, -0.2) is 17.9 Å². The van der Waals surface area contributed by atoms with Crippen molar-refractivity contribution < 1.29 is 14.3 Å². The minimum atomic E-state index is -0.699. The number of hydrogen-bond acceptors (Lipinski definition) is 3. The lowest BCUT2D eigenvalue weighted by molar-refractivity contribution is -0.122. The van der Waals surface area contributed by atoms with E-state index in [-0.39, 0.29) is 16.5 Å². The predicted molar refractivity (Wildman–Crippen MR) is 85.1 cm³/mol. The molecule has 114 valence electrons. The topological polar surface area (TPSA) is 81.4 Å². The Morgan fingerprint density at radius 1 is 1.18 bits per heavy atom. The molecule has 0 radical (unpaired) electrons. The summed E-state index contributed by atoms with van der Waals surface area (Å²) < 4.78 is 5.52. The second kappa shape index (κ2) is 6.95. The van der Waals surface area contributed by atoms with Gasteiger partial charge in [-0.1, -0.05) is 29.8 Å². The molecule has 2 aromatic carbocycles. The monoisotopic (exact) mass is 318 g/mol. The number of nitrogens with two attached hydrogens (primary N) is 1. The van der Waals surface area contributed by atoms with Gasteiger partial charge in [-0.2, -0.15) is 0 Å². The average Bonchev–Trinajstić information content (AvgIpc) is 2.49. The normalized spacial score (nSPS) is 11.5. The molecule has 0 heterocycles. The highest BCUT2D eigenvalue weighted by atomic mass is 35.5. The van der Waals surface area contributed by atoms with Gasteiger partial charge in [0.1, 0.15) is 5.75 Å². The van der Waals surface area contributed by atoms with E-state index in [2.05, 4.69) is 5.32 Å². The Morgan fingerprint density at radius 2 is 1.86 bits per heavy atom. The first-order chi connectivity index (χ1) is 10.5. The van der Waals surface area contributed by atoms with Crippen LogP contribution < -0.4 is 15.8 Å². The van der Waals surface area contributed by atoms with Crippen LogP contribution in [0.3, 0.4) is 0 Å². The van der Waals surface area contributed by atoms with Crippen molar-refractivity contribution in [1.29, 1.82) is 0 Å². The molecule has 1 atom stereocenters. The number of halogens is 1. The second-order valence-corrected chi connectivity index (χ2v) is 5.03. The summed E-state index contributed by atoms with van der Waals surface area (Å²) in [6.07, 6.45) is -0.699. The second-order valence-electron chi connectivity index (χ2n) is 4.62. The van der Waals surface area contributed by atoms with Crippen molar-refractivity contribution in [1.82, 2.24) is 0 Å². The minimum absolute atomic E-state index is 0.149. The molecule has 0 aliphatic heterocycles. The van der Waals surface area contributed by atoms with Crippen LogP contribution in [0.1, 0.15) is 17.3 Å². The van der Waals surface area contributed by atoms with Crippen LogP contribution in [0.25, 0.3) is 0 Å². The van der Waals surface area contributed by atoms with Crippen molar-refractivity contribution in [3.8, 4) is 5.75 Å². The molecule has 0 aliphatic rings. The molecule has 0 aliphatic carbocycles. The first-order valence-electron chi connectivity index (χ1n) is 6.59. The van der Waals surface area contributed by atoms with Gasteiger partial charge in [-0.25, -0.2) is 0 Å². The quantitative estimate of drug-likeness (QED) is 0.889. The van der Waals surface area contributed by atoms with Gasteiger partial charge in [0.15, 0.2) is 6.10 Å². The molecular formula is C16H15ClN2O3. The summed E-state index contributed by atoms with van der Waals surface area (Å²) >= 11 is 5.86. The molecule has 0 saturated heterocycles. The van der Waals surface area contributed by atoms with Gasteiger partial charge in [-0.15, -0.1) is 0 Å². The third-order valence-electron chi connectivity index (χ3n) is 2.92. The van der Waals surface area contributed by atoms with Crippen molar-refractivity contribution in [3.05, 3.63) is 59.1 Å². The average molecular weight is 319 g/mol. The Morgan fingerprint density at radius 3 is 2.50 bits per heavy atom. The Kier molecular flexibility index (Phi) is 5.01. The van der Waals surface area contributed by atoms with Crippen molar-refractivity contribution in [3.63, 3.8) is 0 Å². The summed E-state index contributed by atoms with van der Waals surface area (Å²) in [7, 11) is 0. The number of anilines is 1. The number of ether oxygens (including phenoxy) is 1. The smallest absolute Gasteiger partial charge is 0.265 e. The summed E-state index contributed by atoms with van der Waals surface area (Å²) in [6, 6.07) is 13.5. The molecule has 3 N–H and O–H groups in total. The maximum atomic E-state index is 12.1. The van der Waals surface area contributed by atoms with Gasteiger partial charge in [0.2, 0.25) is 5.91 Å². The number of nitrogens with one attached hydrogen (secondary N) is 1. The number of carbonyl (C=O) groups is 2. The van der Waals surface area contributed by atoms with Crippen LogP contribution in [0.15, 0.2) is 48.5 Å². The van der Waals surface area contributed by atoms with E-state index in [1.807, 2.05) is 18.2 Å². The number of primary amides is 1. The number of carbonyl (C=O) groups excluding carboxylic acids is 2. The summed E-state index contributed by atoms with van der Waals surface area (Å²) in [5.41, 5.74) is 5.79. The zero-order valence-electron chi connectivity index (χ0n) is 11.9. The SMILES string of the molecule is CC(Oc1ccccc1)C(=O)Nc1ccc(Cl)c(C(N)=O)c1. The van der Waals surface area contributed by atoms with Crippen molar-refractivity contribution in [2.75, 3.05) is 5.32 Å². The third-order valence-corrected chi connectivity index (χ3v) is 3.25. The Bertz CT molecular complexity index is 689. The van der Waals surface area contributed by atoms with Gasteiger partial charge in [0.05, 0.1) is 10.6 Å². The van der Waals surface area contributed by atoms with Crippen LogP contribution in [-0.2, 0) is 4.79 Å². The van der Waals surface area contributed by atoms with Crippen LogP contribution in [0.2, 0.25) is 5.02 Å². The molecule has 22 heavy (non-hydrogen) atoms. The minimum Gasteiger partial charge on any atom is -0.481 e. The van der Waals surface area contributed by atoms with E-state index < -0.39 is 12.0 Å². The van der Waals surface area contributed by atoms with E-state index in [9.17, 15) is 9.59 Å². The highest BCUT2D eigenvalue weighted by Gasteiger charge is 2.16. The first-order valence-corrected chi connectivity index (χ1v) is 6.97. The van der Waals surface area contributed by atoms with Crippen LogP contribution in [0.5, 0.6) is 5.75 Å². The highest BCUT2D eigenvalue weighted by Crippen LogP contribution is 2.20.